The fourth-order valence-electron chi connectivity index (χ4n) is 2.22. The van der Waals surface area contributed by atoms with E-state index in [0.29, 0.717) is 17.4 Å². The summed E-state index contributed by atoms with van der Waals surface area (Å²) in [6.07, 6.45) is 2.31. The summed E-state index contributed by atoms with van der Waals surface area (Å²) in [4.78, 5) is 34.4. The average Bonchev–Trinajstić information content (AvgIpc) is 2.44. The number of rotatable bonds is 4. The van der Waals surface area contributed by atoms with Crippen LogP contribution in [0.4, 0.5) is 0 Å². The maximum atomic E-state index is 11.6. The van der Waals surface area contributed by atoms with Crippen LogP contribution < -0.4 is 15.1 Å². The highest BCUT2D eigenvalue weighted by Crippen LogP contribution is 2.36. The van der Waals surface area contributed by atoms with Gasteiger partial charge in [-0.05, 0) is 26.3 Å². The molecular formula is C18H18O6. The molecule has 1 aromatic heterocycles. The lowest BCUT2D eigenvalue weighted by atomic mass is 10.0. The Morgan fingerprint density at radius 3 is 2.25 bits per heavy atom. The molecule has 0 spiro atoms. The molecule has 6 nitrogen and oxygen atoms in total. The maximum Gasteiger partial charge on any atom is 0.336 e. The molecule has 2 rings (SSSR count). The molecule has 0 fully saturated rings. The van der Waals surface area contributed by atoms with Crippen LogP contribution in [-0.2, 0) is 16.0 Å². The second-order valence-electron chi connectivity index (χ2n) is 5.52. The smallest absolute Gasteiger partial charge is 0.336 e. The topological polar surface area (TPSA) is 82.8 Å². The van der Waals surface area contributed by atoms with Gasteiger partial charge in [-0.25, -0.2) is 4.79 Å². The monoisotopic (exact) mass is 330 g/mol. The number of allylic oxidation sites excluding steroid dienone is 2. The third kappa shape index (κ3) is 4.10. The van der Waals surface area contributed by atoms with Gasteiger partial charge in [-0.15, -0.1) is 0 Å². The third-order valence-electron chi connectivity index (χ3n) is 3.15. The summed E-state index contributed by atoms with van der Waals surface area (Å²) in [6, 6.07) is 4.22. The van der Waals surface area contributed by atoms with E-state index in [9.17, 15) is 14.4 Å². The van der Waals surface area contributed by atoms with Crippen LogP contribution in [0.3, 0.4) is 0 Å². The molecule has 1 heterocycles. The first-order valence-corrected chi connectivity index (χ1v) is 7.38. The Labute approximate surface area is 138 Å². The molecule has 0 saturated heterocycles. The first-order chi connectivity index (χ1) is 11.3. The molecular weight excluding hydrogens is 312 g/mol. The molecule has 0 aliphatic carbocycles. The van der Waals surface area contributed by atoms with Crippen molar-refractivity contribution >= 4 is 22.9 Å². The largest absolute Gasteiger partial charge is 0.426 e. The van der Waals surface area contributed by atoms with Crippen LogP contribution in [-0.4, -0.2) is 11.9 Å². The van der Waals surface area contributed by atoms with E-state index in [-0.39, 0.29) is 17.1 Å². The van der Waals surface area contributed by atoms with Gasteiger partial charge in [0.2, 0.25) is 0 Å². The summed E-state index contributed by atoms with van der Waals surface area (Å²) >= 11 is 0. The van der Waals surface area contributed by atoms with E-state index >= 15 is 0 Å². The zero-order valence-electron chi connectivity index (χ0n) is 14.0. The third-order valence-corrected chi connectivity index (χ3v) is 3.15. The lowest BCUT2D eigenvalue weighted by Crippen LogP contribution is -2.08. The summed E-state index contributed by atoms with van der Waals surface area (Å²) < 4.78 is 15.7. The molecule has 0 bridgehead atoms. The minimum Gasteiger partial charge on any atom is -0.426 e. The van der Waals surface area contributed by atoms with Crippen molar-refractivity contribution in [1.82, 2.24) is 0 Å². The van der Waals surface area contributed by atoms with Crippen molar-refractivity contribution in [3.8, 4) is 11.5 Å². The highest BCUT2D eigenvalue weighted by molar-refractivity contribution is 5.91. The predicted octanol–water partition coefficient (Wildman–Crippen LogP) is 3.15. The second kappa shape index (κ2) is 7.12. The van der Waals surface area contributed by atoms with Gasteiger partial charge in [-0.2, -0.15) is 0 Å². The molecule has 0 unspecified atom stereocenters. The van der Waals surface area contributed by atoms with Gasteiger partial charge in [0.05, 0.1) is 5.39 Å². The van der Waals surface area contributed by atoms with Crippen molar-refractivity contribution in [3.63, 3.8) is 0 Å². The molecule has 24 heavy (non-hydrogen) atoms. The van der Waals surface area contributed by atoms with E-state index in [0.717, 1.165) is 5.57 Å². The zero-order chi connectivity index (χ0) is 17.9. The Kier molecular flexibility index (Phi) is 5.18. The molecule has 126 valence electrons. The molecule has 1 aromatic carbocycles. The number of ether oxygens (including phenoxy) is 2. The summed E-state index contributed by atoms with van der Waals surface area (Å²) in [7, 11) is 0. The molecule has 0 atom stereocenters. The molecule has 2 aromatic rings. The van der Waals surface area contributed by atoms with E-state index in [1.165, 1.54) is 32.0 Å². The quantitative estimate of drug-likeness (QED) is 0.371. The van der Waals surface area contributed by atoms with Gasteiger partial charge in [0, 0.05) is 31.5 Å². The van der Waals surface area contributed by atoms with E-state index in [2.05, 4.69) is 0 Å². The highest BCUT2D eigenvalue weighted by atomic mass is 16.5. The first-order valence-electron chi connectivity index (χ1n) is 7.38. The van der Waals surface area contributed by atoms with Gasteiger partial charge in [-0.3, -0.25) is 9.59 Å². The van der Waals surface area contributed by atoms with Crippen LogP contribution in [0.2, 0.25) is 0 Å². The Balaban J connectivity index is 2.79. The minimum atomic E-state index is -0.547. The molecule has 0 aliphatic rings. The molecule has 0 aliphatic heterocycles. The van der Waals surface area contributed by atoms with Crippen molar-refractivity contribution < 1.29 is 23.5 Å². The van der Waals surface area contributed by atoms with Crippen LogP contribution in [0.25, 0.3) is 11.0 Å². The van der Waals surface area contributed by atoms with Crippen molar-refractivity contribution in [2.75, 3.05) is 0 Å². The van der Waals surface area contributed by atoms with Crippen LogP contribution >= 0.6 is 0 Å². The Bertz CT molecular complexity index is 884. The number of benzene rings is 1. The van der Waals surface area contributed by atoms with E-state index < -0.39 is 17.6 Å². The number of esters is 2. The average molecular weight is 330 g/mol. The van der Waals surface area contributed by atoms with Crippen LogP contribution in [0, 0.1) is 0 Å². The van der Waals surface area contributed by atoms with Crippen molar-refractivity contribution in [1.29, 1.82) is 0 Å². The highest BCUT2D eigenvalue weighted by Gasteiger charge is 2.18. The summed E-state index contributed by atoms with van der Waals surface area (Å²) in [5, 5.41) is 0.456. The Morgan fingerprint density at radius 2 is 1.67 bits per heavy atom. The SMILES string of the molecule is CC(=O)Oc1cc(OC(C)=O)c2ccc(=O)oc2c1CC=C(C)C. The summed E-state index contributed by atoms with van der Waals surface area (Å²) in [5.74, 6) is -0.704. The van der Waals surface area contributed by atoms with Crippen molar-refractivity contribution in [2.24, 2.45) is 0 Å². The van der Waals surface area contributed by atoms with Crippen molar-refractivity contribution in [3.05, 3.63) is 45.8 Å². The van der Waals surface area contributed by atoms with Crippen molar-refractivity contribution in [2.45, 2.75) is 34.1 Å². The number of carbonyl (C=O) groups is 2. The van der Waals surface area contributed by atoms with E-state index in [1.54, 1.807) is 0 Å². The van der Waals surface area contributed by atoms with Crippen LogP contribution in [0.15, 0.2) is 39.1 Å². The fraction of sp³-hybridized carbons (Fsp3) is 0.278. The normalized spacial score (nSPS) is 10.3. The number of carbonyl (C=O) groups excluding carboxylic acids is 2. The van der Waals surface area contributed by atoms with E-state index in [4.69, 9.17) is 13.9 Å². The number of hydrogen-bond acceptors (Lipinski definition) is 6. The van der Waals surface area contributed by atoms with Gasteiger partial charge in [-0.1, -0.05) is 11.6 Å². The Morgan fingerprint density at radius 1 is 1.04 bits per heavy atom. The Hall–Kier alpha value is -2.89. The summed E-state index contributed by atoms with van der Waals surface area (Å²) in [5.41, 5.74) is 1.28. The molecule has 6 heteroatoms. The van der Waals surface area contributed by atoms with Gasteiger partial charge in [0.15, 0.2) is 0 Å². The van der Waals surface area contributed by atoms with Crippen LogP contribution in [0.1, 0.15) is 33.3 Å². The first kappa shape index (κ1) is 17.5. The molecule has 0 amide bonds. The second-order valence-corrected chi connectivity index (χ2v) is 5.52. The van der Waals surface area contributed by atoms with Gasteiger partial charge in [0.25, 0.3) is 0 Å². The lowest BCUT2D eigenvalue weighted by Gasteiger charge is -2.13. The molecule has 0 N–H and O–H groups in total. The molecule has 0 radical (unpaired) electrons. The van der Waals surface area contributed by atoms with Crippen LogP contribution in [0.5, 0.6) is 11.5 Å². The van der Waals surface area contributed by atoms with Gasteiger partial charge >= 0.3 is 17.6 Å². The maximum absolute atomic E-state index is 11.6. The standard InChI is InChI=1S/C18H18O6/c1-10(2)5-6-13-15(22-11(3)19)9-16(23-12(4)20)14-7-8-17(21)24-18(13)14/h5,7-9H,6H2,1-4H3. The summed E-state index contributed by atoms with van der Waals surface area (Å²) in [6.45, 7) is 6.38. The number of hydrogen-bond donors (Lipinski definition) is 0. The fourth-order valence-corrected chi connectivity index (χ4v) is 2.22. The van der Waals surface area contributed by atoms with Gasteiger partial charge < -0.3 is 13.9 Å². The number of fused-ring (bicyclic) bond motifs is 1. The lowest BCUT2D eigenvalue weighted by molar-refractivity contribution is -0.132. The predicted molar refractivity (Wildman–Crippen MR) is 88.2 cm³/mol. The minimum absolute atomic E-state index is 0.165. The molecule has 0 saturated carbocycles. The van der Waals surface area contributed by atoms with Gasteiger partial charge in [0.1, 0.15) is 17.1 Å². The zero-order valence-corrected chi connectivity index (χ0v) is 14.0. The van der Waals surface area contributed by atoms with E-state index in [1.807, 2.05) is 19.9 Å².